The van der Waals surface area contributed by atoms with Gasteiger partial charge >= 0.3 is 0 Å². The Morgan fingerprint density at radius 1 is 1.12 bits per heavy atom. The zero-order valence-corrected chi connectivity index (χ0v) is 10.2. The summed E-state index contributed by atoms with van der Waals surface area (Å²) in [6.45, 7) is 5.01. The summed E-state index contributed by atoms with van der Waals surface area (Å²) in [4.78, 5) is 0. The van der Waals surface area contributed by atoms with Crippen LogP contribution in [0, 0.1) is 19.3 Å². The van der Waals surface area contributed by atoms with E-state index < -0.39 is 0 Å². The molecule has 0 aliphatic rings. The van der Waals surface area contributed by atoms with Crippen molar-refractivity contribution in [2.24, 2.45) is 0 Å². The maximum Gasteiger partial charge on any atom is 0.107 e. The molecule has 0 aliphatic heterocycles. The number of anilines is 1. The summed E-state index contributed by atoms with van der Waals surface area (Å²) < 4.78 is 10.4. The van der Waals surface area contributed by atoms with Crippen molar-refractivity contribution >= 4 is 5.69 Å². The summed E-state index contributed by atoms with van der Waals surface area (Å²) in [6, 6.07) is 8.28. The van der Waals surface area contributed by atoms with E-state index in [-0.39, 0.29) is 0 Å². The van der Waals surface area contributed by atoms with E-state index in [9.17, 15) is 0 Å². The number of terminal acetylenes is 1. The fourth-order valence-corrected chi connectivity index (χ4v) is 1.29. The Kier molecular flexibility index (Phi) is 6.89. The minimum Gasteiger partial charge on any atom is -0.383 e. The highest BCUT2D eigenvalue weighted by Crippen LogP contribution is 2.07. The number of rotatable bonds is 8. The monoisotopic (exact) mass is 233 g/mol. The number of nitrogens with one attached hydrogen (secondary N) is 1. The van der Waals surface area contributed by atoms with Crippen LogP contribution in [0.15, 0.2) is 24.3 Å². The molecule has 1 aromatic carbocycles. The van der Waals surface area contributed by atoms with Crippen LogP contribution in [0.3, 0.4) is 0 Å². The minimum absolute atomic E-state index is 0.352. The van der Waals surface area contributed by atoms with Crippen LogP contribution in [0.4, 0.5) is 5.69 Å². The van der Waals surface area contributed by atoms with Gasteiger partial charge in [-0.15, -0.1) is 6.42 Å². The van der Waals surface area contributed by atoms with Crippen molar-refractivity contribution in [1.29, 1.82) is 0 Å². The maximum atomic E-state index is 5.37. The molecule has 17 heavy (non-hydrogen) atoms. The average molecular weight is 233 g/mol. The van der Waals surface area contributed by atoms with E-state index in [4.69, 9.17) is 15.9 Å². The van der Waals surface area contributed by atoms with Crippen LogP contribution < -0.4 is 5.32 Å². The van der Waals surface area contributed by atoms with Crippen LogP contribution in [-0.4, -0.2) is 33.0 Å². The minimum atomic E-state index is 0.352. The molecular weight excluding hydrogens is 214 g/mol. The van der Waals surface area contributed by atoms with E-state index in [0.717, 1.165) is 12.2 Å². The third-order valence-electron chi connectivity index (χ3n) is 2.18. The summed E-state index contributed by atoms with van der Waals surface area (Å²) in [7, 11) is 0. The van der Waals surface area contributed by atoms with E-state index in [2.05, 4.69) is 42.4 Å². The van der Waals surface area contributed by atoms with E-state index in [1.807, 2.05) is 0 Å². The number of aryl methyl sites for hydroxylation is 1. The lowest BCUT2D eigenvalue weighted by Gasteiger charge is -2.07. The first-order valence-electron chi connectivity index (χ1n) is 5.72. The normalized spacial score (nSPS) is 9.88. The highest BCUT2D eigenvalue weighted by atomic mass is 16.5. The van der Waals surface area contributed by atoms with Crippen LogP contribution in [0.5, 0.6) is 0 Å². The number of hydrogen-bond donors (Lipinski definition) is 1. The molecule has 0 heterocycles. The predicted molar refractivity (Wildman–Crippen MR) is 70.1 cm³/mol. The SMILES string of the molecule is C#CCOCCOCCNc1ccc(C)cc1. The Bertz CT molecular complexity index is 340. The van der Waals surface area contributed by atoms with E-state index in [1.54, 1.807) is 0 Å². The van der Waals surface area contributed by atoms with Gasteiger partial charge in [0.2, 0.25) is 0 Å². The van der Waals surface area contributed by atoms with Gasteiger partial charge in [-0.25, -0.2) is 0 Å². The summed E-state index contributed by atoms with van der Waals surface area (Å²) >= 11 is 0. The molecule has 0 saturated heterocycles. The van der Waals surface area contributed by atoms with Crippen LogP contribution in [0.1, 0.15) is 5.56 Å². The molecule has 1 rings (SSSR count). The quantitative estimate of drug-likeness (QED) is 0.551. The standard InChI is InChI=1S/C14H19NO2/c1-3-9-16-11-12-17-10-8-15-14-6-4-13(2)5-7-14/h1,4-7,15H,8-12H2,2H3. The van der Waals surface area contributed by atoms with E-state index >= 15 is 0 Å². The van der Waals surface area contributed by atoms with Crippen molar-refractivity contribution in [1.82, 2.24) is 0 Å². The topological polar surface area (TPSA) is 30.5 Å². The van der Waals surface area contributed by atoms with E-state index in [0.29, 0.717) is 26.4 Å². The first-order valence-corrected chi connectivity index (χ1v) is 5.72. The average Bonchev–Trinajstić information content (AvgIpc) is 2.35. The molecule has 0 aromatic heterocycles. The molecule has 0 radical (unpaired) electrons. The number of ether oxygens (including phenoxy) is 2. The lowest BCUT2D eigenvalue weighted by Crippen LogP contribution is -2.12. The molecular formula is C14H19NO2. The van der Waals surface area contributed by atoms with Crippen LogP contribution in [0.2, 0.25) is 0 Å². The molecule has 3 nitrogen and oxygen atoms in total. The molecule has 0 fully saturated rings. The van der Waals surface area contributed by atoms with Gasteiger partial charge in [0.25, 0.3) is 0 Å². The molecule has 0 amide bonds. The highest BCUT2D eigenvalue weighted by Gasteiger charge is 1.92. The Morgan fingerprint density at radius 2 is 1.82 bits per heavy atom. The van der Waals surface area contributed by atoms with Gasteiger partial charge in [0, 0.05) is 12.2 Å². The predicted octanol–water partition coefficient (Wildman–Crippen LogP) is 2.07. The van der Waals surface area contributed by atoms with Gasteiger partial charge in [-0.05, 0) is 19.1 Å². The van der Waals surface area contributed by atoms with Gasteiger partial charge in [-0.3, -0.25) is 0 Å². The Balaban J connectivity index is 1.97. The van der Waals surface area contributed by atoms with Gasteiger partial charge in [0.15, 0.2) is 0 Å². The van der Waals surface area contributed by atoms with Crippen LogP contribution in [0.25, 0.3) is 0 Å². The molecule has 3 heteroatoms. The maximum absolute atomic E-state index is 5.37. The smallest absolute Gasteiger partial charge is 0.107 e. The van der Waals surface area contributed by atoms with Gasteiger partial charge in [-0.2, -0.15) is 0 Å². The third kappa shape index (κ3) is 6.62. The summed E-state index contributed by atoms with van der Waals surface area (Å²) in [5.74, 6) is 2.41. The lowest BCUT2D eigenvalue weighted by atomic mass is 10.2. The highest BCUT2D eigenvalue weighted by molar-refractivity contribution is 5.44. The molecule has 1 N–H and O–H groups in total. The largest absolute Gasteiger partial charge is 0.383 e. The van der Waals surface area contributed by atoms with Gasteiger partial charge in [-0.1, -0.05) is 23.6 Å². The fraction of sp³-hybridized carbons (Fsp3) is 0.429. The van der Waals surface area contributed by atoms with Gasteiger partial charge in [0.05, 0.1) is 19.8 Å². The van der Waals surface area contributed by atoms with Crippen molar-refractivity contribution in [3.63, 3.8) is 0 Å². The Hall–Kier alpha value is -1.50. The van der Waals surface area contributed by atoms with Gasteiger partial charge in [0.1, 0.15) is 6.61 Å². The number of benzene rings is 1. The summed E-state index contributed by atoms with van der Waals surface area (Å²) in [5, 5.41) is 3.28. The second kappa shape index (κ2) is 8.63. The van der Waals surface area contributed by atoms with Crippen molar-refractivity contribution in [2.45, 2.75) is 6.92 Å². The summed E-state index contributed by atoms with van der Waals surface area (Å²) in [5.41, 5.74) is 2.38. The first kappa shape index (κ1) is 13.6. The second-order valence-electron chi connectivity index (χ2n) is 3.66. The molecule has 92 valence electrons. The Morgan fingerprint density at radius 3 is 2.53 bits per heavy atom. The fourth-order valence-electron chi connectivity index (χ4n) is 1.29. The first-order chi connectivity index (χ1) is 8.33. The zero-order chi connectivity index (χ0) is 12.3. The summed E-state index contributed by atoms with van der Waals surface area (Å²) in [6.07, 6.45) is 5.04. The van der Waals surface area contributed by atoms with E-state index in [1.165, 1.54) is 5.56 Å². The van der Waals surface area contributed by atoms with Crippen LogP contribution in [-0.2, 0) is 9.47 Å². The third-order valence-corrected chi connectivity index (χ3v) is 2.18. The molecule has 1 aromatic rings. The molecule has 0 atom stereocenters. The second-order valence-corrected chi connectivity index (χ2v) is 3.66. The molecule has 0 saturated carbocycles. The van der Waals surface area contributed by atoms with Crippen molar-refractivity contribution in [3.8, 4) is 12.3 Å². The van der Waals surface area contributed by atoms with Crippen molar-refractivity contribution in [2.75, 3.05) is 38.3 Å². The van der Waals surface area contributed by atoms with Gasteiger partial charge < -0.3 is 14.8 Å². The molecule has 0 aliphatic carbocycles. The lowest BCUT2D eigenvalue weighted by molar-refractivity contribution is 0.0647. The van der Waals surface area contributed by atoms with Crippen molar-refractivity contribution in [3.05, 3.63) is 29.8 Å². The Labute approximate surface area is 103 Å². The molecule has 0 unspecified atom stereocenters. The zero-order valence-electron chi connectivity index (χ0n) is 10.2. The molecule has 0 spiro atoms. The number of hydrogen-bond acceptors (Lipinski definition) is 3. The molecule has 0 bridgehead atoms. The van der Waals surface area contributed by atoms with Crippen LogP contribution >= 0.6 is 0 Å². The van der Waals surface area contributed by atoms with Crippen molar-refractivity contribution < 1.29 is 9.47 Å².